The molecule has 59 heavy (non-hydrogen) atoms. The lowest BCUT2D eigenvalue weighted by atomic mass is 9.37. The smallest absolute Gasteiger partial charge is 0.241 e. The Bertz CT molecular complexity index is 2830. The summed E-state index contributed by atoms with van der Waals surface area (Å²) in [5.74, 6) is 3.07. The van der Waals surface area contributed by atoms with Crippen LogP contribution in [0.25, 0.3) is 27.8 Å². The standard InChI is InChI=1S/C49H34B2N6O2/c1-3-13-35(14-4-1)50(37-17-11-19-41(29-37)58-47-21-7-9-27-53-47)39-23-25-43-44-26-24-40(32-46(44)57(45(43)31-39)49-55-33-52-34-56-49)51(36-15-5-2-6-16-36)38-18-12-20-42(30-38)59-48-22-8-10-28-54-48/h1-34H. The Labute approximate surface area is 342 Å². The lowest BCUT2D eigenvalue weighted by Gasteiger charge is -2.17. The van der Waals surface area contributed by atoms with Gasteiger partial charge in [-0.1, -0.05) is 154 Å². The highest BCUT2D eigenvalue weighted by molar-refractivity contribution is 6.96. The van der Waals surface area contributed by atoms with Crippen molar-refractivity contribution in [1.29, 1.82) is 0 Å². The number of ether oxygens (including phenoxy) is 2. The third-order valence-corrected chi connectivity index (χ3v) is 10.5. The molecule has 0 unspecified atom stereocenters. The van der Waals surface area contributed by atoms with Crippen molar-refractivity contribution in [3.05, 3.63) is 207 Å². The number of aromatic nitrogens is 6. The van der Waals surface area contributed by atoms with Crippen molar-refractivity contribution in [3.8, 4) is 29.2 Å². The number of rotatable bonds is 11. The molecule has 10 rings (SSSR count). The summed E-state index contributed by atoms with van der Waals surface area (Å²) in [7, 11) is 0. The molecule has 10 aromatic rings. The van der Waals surface area contributed by atoms with Crippen molar-refractivity contribution in [1.82, 2.24) is 29.5 Å². The van der Waals surface area contributed by atoms with E-state index in [0.29, 0.717) is 17.7 Å². The molecule has 0 saturated heterocycles. The van der Waals surface area contributed by atoms with Gasteiger partial charge < -0.3 is 9.47 Å². The largest absolute Gasteiger partial charge is 0.439 e. The van der Waals surface area contributed by atoms with Crippen LogP contribution in [-0.2, 0) is 0 Å². The fourth-order valence-electron chi connectivity index (χ4n) is 7.99. The average Bonchev–Trinajstić information content (AvgIpc) is 3.61. The number of hydrogen-bond acceptors (Lipinski definition) is 7. The first kappa shape index (κ1) is 35.6. The number of fused-ring (bicyclic) bond motifs is 3. The molecule has 0 aliphatic carbocycles. The molecule has 10 heteroatoms. The molecule has 6 aromatic carbocycles. The van der Waals surface area contributed by atoms with Gasteiger partial charge in [0.2, 0.25) is 31.1 Å². The molecule has 0 amide bonds. The van der Waals surface area contributed by atoms with E-state index in [2.05, 4.69) is 129 Å². The van der Waals surface area contributed by atoms with E-state index in [0.717, 1.165) is 66.1 Å². The monoisotopic (exact) mass is 760 g/mol. The average molecular weight is 760 g/mol. The zero-order chi connectivity index (χ0) is 39.4. The van der Waals surface area contributed by atoms with Crippen molar-refractivity contribution in [2.75, 3.05) is 0 Å². The van der Waals surface area contributed by atoms with E-state index in [4.69, 9.17) is 19.4 Å². The number of nitrogens with zero attached hydrogens (tertiary/aromatic N) is 6. The summed E-state index contributed by atoms with van der Waals surface area (Å²) in [5, 5.41) is 2.19. The Kier molecular flexibility index (Phi) is 9.62. The SMILES string of the molecule is c1ccc(B(c2cccc(Oc3ccccn3)c2)c2ccc3c4ccc(B(c5ccccc5)c5cccc(Oc6ccccn6)c5)cc4n(-c4ncncn4)c3c2)cc1. The van der Waals surface area contributed by atoms with Crippen molar-refractivity contribution in [2.24, 2.45) is 0 Å². The molecular weight excluding hydrogens is 726 g/mol. The lowest BCUT2D eigenvalue weighted by Crippen LogP contribution is -2.52. The molecular formula is C49H34B2N6O2. The van der Waals surface area contributed by atoms with Gasteiger partial charge in [-0.05, 0) is 48.5 Å². The van der Waals surface area contributed by atoms with Crippen LogP contribution in [-0.4, -0.2) is 42.9 Å². The minimum atomic E-state index is -0.101. The predicted octanol–water partition coefficient (Wildman–Crippen LogP) is 6.38. The number of hydrogen-bond donors (Lipinski definition) is 0. The van der Waals surface area contributed by atoms with Crippen LogP contribution < -0.4 is 42.3 Å². The zero-order valence-electron chi connectivity index (χ0n) is 31.8. The van der Waals surface area contributed by atoms with E-state index in [1.165, 1.54) is 0 Å². The summed E-state index contributed by atoms with van der Waals surface area (Å²) in [6.45, 7) is -0.201. The Morgan fingerprint density at radius 3 is 1.27 bits per heavy atom. The van der Waals surface area contributed by atoms with Crippen LogP contribution in [0, 0.1) is 0 Å². The minimum absolute atomic E-state index is 0.101. The van der Waals surface area contributed by atoms with E-state index in [-0.39, 0.29) is 13.4 Å². The van der Waals surface area contributed by atoms with Crippen molar-refractivity contribution in [3.63, 3.8) is 0 Å². The second kappa shape index (κ2) is 16.0. The van der Waals surface area contributed by atoms with E-state index in [9.17, 15) is 0 Å². The van der Waals surface area contributed by atoms with Gasteiger partial charge in [0, 0.05) is 35.3 Å². The van der Waals surface area contributed by atoms with E-state index < -0.39 is 0 Å². The molecule has 0 bridgehead atoms. The first-order valence-corrected chi connectivity index (χ1v) is 19.4. The first-order chi connectivity index (χ1) is 29.2. The van der Waals surface area contributed by atoms with Crippen LogP contribution in [0.2, 0.25) is 0 Å². The Balaban J connectivity index is 1.13. The molecule has 0 aliphatic rings. The Morgan fingerprint density at radius 2 is 0.814 bits per heavy atom. The summed E-state index contributed by atoms with van der Waals surface area (Å²) in [6, 6.07) is 62.4. The lowest BCUT2D eigenvalue weighted by molar-refractivity contribution is 0.463. The maximum Gasteiger partial charge on any atom is 0.241 e. The number of benzene rings is 6. The van der Waals surface area contributed by atoms with Crippen LogP contribution in [0.5, 0.6) is 23.3 Å². The summed E-state index contributed by atoms with van der Waals surface area (Å²) < 4.78 is 14.6. The maximum absolute atomic E-state index is 6.21. The molecule has 0 atom stereocenters. The number of pyridine rings is 2. The van der Waals surface area contributed by atoms with Crippen molar-refractivity contribution >= 4 is 68.0 Å². The van der Waals surface area contributed by atoms with Crippen molar-refractivity contribution < 1.29 is 9.47 Å². The van der Waals surface area contributed by atoms with Crippen LogP contribution in [0.3, 0.4) is 0 Å². The van der Waals surface area contributed by atoms with Crippen LogP contribution in [0.1, 0.15) is 0 Å². The molecule has 0 saturated carbocycles. The zero-order valence-corrected chi connectivity index (χ0v) is 31.8. The highest BCUT2D eigenvalue weighted by atomic mass is 16.5. The predicted molar refractivity (Wildman–Crippen MR) is 238 cm³/mol. The summed E-state index contributed by atoms with van der Waals surface area (Å²) in [4.78, 5) is 22.3. The molecule has 0 fully saturated rings. The summed E-state index contributed by atoms with van der Waals surface area (Å²) >= 11 is 0. The second-order valence-electron chi connectivity index (χ2n) is 14.2. The topological polar surface area (TPSA) is 87.8 Å². The third kappa shape index (κ3) is 7.31. The summed E-state index contributed by atoms with van der Waals surface area (Å²) in [5.41, 5.74) is 8.71. The molecule has 0 spiro atoms. The second-order valence-corrected chi connectivity index (χ2v) is 14.2. The molecule has 0 N–H and O–H groups in total. The molecule has 4 heterocycles. The van der Waals surface area contributed by atoms with Crippen LogP contribution in [0.15, 0.2) is 207 Å². The summed E-state index contributed by atoms with van der Waals surface area (Å²) in [6.07, 6.45) is 6.56. The quantitative estimate of drug-likeness (QED) is 0.142. The van der Waals surface area contributed by atoms with Gasteiger partial charge in [0.15, 0.2) is 0 Å². The highest BCUT2D eigenvalue weighted by Crippen LogP contribution is 2.30. The van der Waals surface area contributed by atoms with Crippen LogP contribution >= 0.6 is 0 Å². The van der Waals surface area contributed by atoms with Gasteiger partial charge >= 0.3 is 0 Å². The van der Waals surface area contributed by atoms with E-state index in [1.54, 1.807) is 25.0 Å². The molecule has 0 radical (unpaired) electrons. The maximum atomic E-state index is 6.21. The fraction of sp³-hybridized carbons (Fsp3) is 0. The Hall–Kier alpha value is -7.84. The van der Waals surface area contributed by atoms with Gasteiger partial charge in [-0.25, -0.2) is 24.9 Å². The minimum Gasteiger partial charge on any atom is -0.439 e. The van der Waals surface area contributed by atoms with Gasteiger partial charge in [0.25, 0.3) is 0 Å². The molecule has 278 valence electrons. The van der Waals surface area contributed by atoms with E-state index in [1.807, 2.05) is 72.8 Å². The normalized spacial score (nSPS) is 11.1. The Morgan fingerprint density at radius 1 is 0.373 bits per heavy atom. The fourth-order valence-corrected chi connectivity index (χ4v) is 7.99. The van der Waals surface area contributed by atoms with Gasteiger partial charge in [-0.3, -0.25) is 4.57 Å². The van der Waals surface area contributed by atoms with Crippen molar-refractivity contribution in [2.45, 2.75) is 0 Å². The van der Waals surface area contributed by atoms with Gasteiger partial charge in [-0.15, -0.1) is 0 Å². The first-order valence-electron chi connectivity index (χ1n) is 19.4. The molecule has 8 nitrogen and oxygen atoms in total. The van der Waals surface area contributed by atoms with Gasteiger partial charge in [0.05, 0.1) is 11.0 Å². The molecule has 4 aromatic heterocycles. The molecule has 0 aliphatic heterocycles. The van der Waals surface area contributed by atoms with E-state index >= 15 is 0 Å². The highest BCUT2D eigenvalue weighted by Gasteiger charge is 2.27. The third-order valence-electron chi connectivity index (χ3n) is 10.5. The van der Waals surface area contributed by atoms with Crippen LogP contribution in [0.4, 0.5) is 0 Å². The van der Waals surface area contributed by atoms with Gasteiger partial charge in [-0.2, -0.15) is 0 Å². The van der Waals surface area contributed by atoms with Gasteiger partial charge in [0.1, 0.15) is 24.2 Å².